The van der Waals surface area contributed by atoms with Crippen molar-refractivity contribution in [2.75, 3.05) is 19.8 Å². The molecule has 5 aliphatic rings. The number of benzene rings is 2. The first-order valence-electron chi connectivity index (χ1n) is 17.5. The molecule has 19 heteroatoms. The Kier molecular flexibility index (Phi) is 10.3. The van der Waals surface area contributed by atoms with Crippen LogP contribution < -0.4 is 16.8 Å². The molecule has 18 nitrogen and oxygen atoms in total. The average Bonchev–Trinajstić information content (AvgIpc) is 3.14. The smallest absolute Gasteiger partial charge is 0.352 e. The molecule has 2 aliphatic heterocycles. The van der Waals surface area contributed by atoms with Gasteiger partial charge in [0.1, 0.15) is 51.7 Å². The number of phenols is 2. The molecule has 1 saturated heterocycles. The van der Waals surface area contributed by atoms with E-state index in [0.717, 1.165) is 0 Å². The summed E-state index contributed by atoms with van der Waals surface area (Å²) in [5.74, 6) is -9.50. The highest BCUT2D eigenvalue weighted by molar-refractivity contribution is 8.00. The number of fused-ring (bicyclic) bond motifs is 4. The van der Waals surface area contributed by atoms with E-state index >= 15 is 0 Å². The van der Waals surface area contributed by atoms with Gasteiger partial charge in [-0.3, -0.25) is 33.8 Å². The van der Waals surface area contributed by atoms with E-state index in [-0.39, 0.29) is 29.0 Å². The molecule has 0 radical (unpaired) electrons. The van der Waals surface area contributed by atoms with E-state index in [0.29, 0.717) is 16.9 Å². The highest BCUT2D eigenvalue weighted by atomic mass is 32.2. The van der Waals surface area contributed by atoms with E-state index in [2.05, 4.69) is 5.32 Å². The molecule has 3 amide bonds. The number of thioether (sulfide) groups is 1. The van der Waals surface area contributed by atoms with Gasteiger partial charge in [-0.25, -0.2) is 4.79 Å². The van der Waals surface area contributed by atoms with Gasteiger partial charge in [0.05, 0.1) is 17.2 Å². The number of amides is 3. The van der Waals surface area contributed by atoms with Crippen LogP contribution in [0, 0.1) is 11.8 Å². The number of rotatable bonds is 6. The number of carbonyl (C=O) groups excluding carboxylic acids is 5. The first kappa shape index (κ1) is 40.9. The number of carboxylic acids is 1. The number of nitrogens with zero attached hydrogens (tertiary/aromatic N) is 2. The fourth-order valence-electron chi connectivity index (χ4n) is 8.35. The number of hydrogen-bond donors (Lipinski definition) is 10. The van der Waals surface area contributed by atoms with Crippen LogP contribution in [0.5, 0.6) is 11.5 Å². The zero-order valence-corrected chi connectivity index (χ0v) is 31.8. The molecule has 8 atom stereocenters. The van der Waals surface area contributed by atoms with Crippen molar-refractivity contribution in [1.82, 2.24) is 15.1 Å². The maximum Gasteiger partial charge on any atom is 0.352 e. The first-order chi connectivity index (χ1) is 26.6. The standard InChI is InChI=1S/C22H24N2O8.C16H17N3O5S/c1-21(31)8-5-4-6-11(25)12(8)16(26)13-9(21)7-10-15(24(2)3)17(27)14(20(23)30)19(29)22(10,32)18(13)28;1-7-6-25-15-11(14(22)19(15)12(7)16(23)24)18-13(21)10(17)8-2-4-9(20)5-3-8/h4-6,9-10,15,25-26,29,31-32H,7H2,1-3H3,(H2,23,30);2-5,10-11,15,20H,6,17H2,1H3,(H,18,21)(H,23,24)/t9-,10-,15-,21+,22-;10?,11-,15-/m01/s1. The van der Waals surface area contributed by atoms with Crippen molar-refractivity contribution in [3.63, 3.8) is 0 Å². The number of β-lactam (4-membered cyclic amide) rings is 1. The Morgan fingerprint density at radius 1 is 1.02 bits per heavy atom. The number of aliphatic hydroxyl groups is 4. The summed E-state index contributed by atoms with van der Waals surface area (Å²) in [5.41, 5.74) is 6.45. The Bertz CT molecular complexity index is 2230. The molecule has 0 bridgehead atoms. The van der Waals surface area contributed by atoms with Crippen LogP contribution in [0.3, 0.4) is 0 Å². The number of aliphatic hydroxyl groups excluding tert-OH is 2. The highest BCUT2D eigenvalue weighted by Gasteiger charge is 2.66. The maximum absolute atomic E-state index is 13.7. The molecular weight excluding hydrogens is 767 g/mol. The summed E-state index contributed by atoms with van der Waals surface area (Å²) in [6.45, 7) is 3.08. The lowest BCUT2D eigenvalue weighted by atomic mass is 9.54. The van der Waals surface area contributed by atoms with Crippen molar-refractivity contribution in [3.05, 3.63) is 87.3 Å². The average molecular weight is 808 g/mol. The van der Waals surface area contributed by atoms with Crippen LogP contribution in [0.2, 0.25) is 0 Å². The third-order valence-corrected chi connectivity index (χ3v) is 12.6. The van der Waals surface area contributed by atoms with Gasteiger partial charge in [-0.2, -0.15) is 0 Å². The lowest BCUT2D eigenvalue weighted by molar-refractivity contribution is -0.159. The number of aromatic hydroxyl groups is 2. The Hall–Kier alpha value is -5.73. The van der Waals surface area contributed by atoms with Crippen LogP contribution in [0.15, 0.2) is 70.6 Å². The topological polar surface area (TPSA) is 315 Å². The second-order valence-corrected chi connectivity index (χ2v) is 16.0. The molecule has 1 saturated carbocycles. The largest absolute Gasteiger partial charge is 0.508 e. The van der Waals surface area contributed by atoms with E-state index in [1.165, 1.54) is 85.0 Å². The quantitative estimate of drug-likeness (QED) is 0.133. The number of nitrogens with two attached hydrogens (primary N) is 2. The minimum absolute atomic E-state index is 0.0120. The summed E-state index contributed by atoms with van der Waals surface area (Å²) >= 11 is 1.40. The molecule has 12 N–H and O–H groups in total. The number of carbonyl (C=O) groups is 6. The Labute approximate surface area is 328 Å². The van der Waals surface area contributed by atoms with Crippen LogP contribution in [0.25, 0.3) is 5.76 Å². The van der Waals surface area contributed by atoms with Crippen LogP contribution in [-0.4, -0.2) is 124 Å². The number of aliphatic carboxylic acids is 1. The molecule has 2 fully saturated rings. The van der Waals surface area contributed by atoms with Gasteiger partial charge in [-0.15, -0.1) is 11.8 Å². The van der Waals surface area contributed by atoms with Crippen molar-refractivity contribution in [1.29, 1.82) is 0 Å². The van der Waals surface area contributed by atoms with Gasteiger partial charge in [-0.1, -0.05) is 24.3 Å². The van der Waals surface area contributed by atoms with Crippen LogP contribution >= 0.6 is 11.8 Å². The summed E-state index contributed by atoms with van der Waals surface area (Å²) < 4.78 is 0. The fraction of sp³-hybridized carbons (Fsp3) is 0.368. The molecule has 57 heavy (non-hydrogen) atoms. The minimum Gasteiger partial charge on any atom is -0.508 e. The molecular formula is C38H41N5O13S. The van der Waals surface area contributed by atoms with Crippen LogP contribution in [-0.2, 0) is 34.4 Å². The lowest BCUT2D eigenvalue weighted by Crippen LogP contribution is -2.71. The normalized spacial score (nSPS) is 29.6. The number of primary amides is 1. The van der Waals surface area contributed by atoms with Crippen molar-refractivity contribution in [2.24, 2.45) is 23.3 Å². The Balaban J connectivity index is 0.000000199. The molecule has 302 valence electrons. The van der Waals surface area contributed by atoms with Crippen molar-refractivity contribution in [2.45, 2.75) is 55.0 Å². The number of hydrogen-bond acceptors (Lipinski definition) is 15. The number of likely N-dealkylation sites (N-methyl/N-ethyl adjacent to an activating group) is 1. The van der Waals surface area contributed by atoms with E-state index in [9.17, 15) is 64.5 Å². The Morgan fingerprint density at radius 3 is 2.23 bits per heavy atom. The van der Waals surface area contributed by atoms with E-state index in [4.69, 9.17) is 11.5 Å². The number of nitrogens with one attached hydrogen (secondary N) is 1. The van der Waals surface area contributed by atoms with Gasteiger partial charge in [-0.05, 0) is 69.3 Å². The summed E-state index contributed by atoms with van der Waals surface area (Å²) in [6, 6.07) is 7.11. The zero-order chi connectivity index (χ0) is 42.2. The molecule has 7 rings (SSSR count). The SMILES string of the molecule is CC1=C(C(=O)O)N2C(=O)[C@@H](NC(=O)C(N)c3ccc(O)cc3)[C@H]2SC1.CN(C)[C@@H]1C(=O)C(C(N)=O)=C(O)[C@@]2(O)C(=O)C3=C(O)c4c(O)cccc4[C@@](C)(O)[C@H]3C[C@@H]12. The summed E-state index contributed by atoms with van der Waals surface area (Å²) in [5, 5.41) is 75.6. The molecule has 2 heterocycles. The highest BCUT2D eigenvalue weighted by Crippen LogP contribution is 2.57. The molecule has 3 aliphatic carbocycles. The Morgan fingerprint density at radius 2 is 1.65 bits per heavy atom. The minimum atomic E-state index is -2.75. The number of Topliss-reactive ketones (excluding diaryl/α,β-unsaturated/α-hetero) is 2. The molecule has 0 aromatic heterocycles. The van der Waals surface area contributed by atoms with E-state index in [1.54, 1.807) is 6.92 Å². The van der Waals surface area contributed by atoms with Crippen molar-refractivity contribution < 1.29 is 64.5 Å². The molecule has 2 aromatic carbocycles. The monoisotopic (exact) mass is 807 g/mol. The van der Waals surface area contributed by atoms with Crippen LogP contribution in [0.4, 0.5) is 0 Å². The van der Waals surface area contributed by atoms with Crippen molar-refractivity contribution >= 4 is 52.8 Å². The van der Waals surface area contributed by atoms with Gasteiger partial charge >= 0.3 is 5.97 Å². The van der Waals surface area contributed by atoms with E-state index in [1.807, 2.05) is 0 Å². The predicted octanol–water partition coefficient (Wildman–Crippen LogP) is -0.220. The third-order valence-electron chi connectivity index (χ3n) is 11.2. The summed E-state index contributed by atoms with van der Waals surface area (Å²) in [6.07, 6.45) is -0.200. The van der Waals surface area contributed by atoms with Crippen molar-refractivity contribution in [3.8, 4) is 11.5 Å². The molecule has 1 unspecified atom stereocenters. The van der Waals surface area contributed by atoms with Crippen LogP contribution in [0.1, 0.15) is 43.0 Å². The predicted molar refractivity (Wildman–Crippen MR) is 201 cm³/mol. The number of phenolic OH excluding ortho intramolecular Hbond substituents is 2. The summed E-state index contributed by atoms with van der Waals surface area (Å²) in [4.78, 5) is 77.2. The molecule has 0 spiro atoms. The van der Waals surface area contributed by atoms with Gasteiger partial charge in [0.15, 0.2) is 11.4 Å². The van der Waals surface area contributed by atoms with E-state index < -0.39 is 110 Å². The lowest BCUT2D eigenvalue weighted by Gasteiger charge is -2.53. The molecule has 2 aromatic rings. The van der Waals surface area contributed by atoms with Gasteiger partial charge in [0, 0.05) is 23.2 Å². The van der Waals surface area contributed by atoms with Gasteiger partial charge < -0.3 is 52.5 Å². The van der Waals surface area contributed by atoms with Gasteiger partial charge in [0.25, 0.3) is 11.8 Å². The van der Waals surface area contributed by atoms with Gasteiger partial charge in [0.2, 0.25) is 11.7 Å². The third kappa shape index (κ3) is 6.22. The summed E-state index contributed by atoms with van der Waals surface area (Å²) in [7, 11) is 3.01. The number of carboxylic acid groups (broad SMARTS) is 1. The second-order valence-electron chi connectivity index (χ2n) is 14.9. The number of ketones is 2. The zero-order valence-electron chi connectivity index (χ0n) is 31.0. The first-order valence-corrected chi connectivity index (χ1v) is 18.6. The second kappa shape index (κ2) is 14.3. The maximum atomic E-state index is 13.7. The fourth-order valence-corrected chi connectivity index (χ4v) is 9.65.